The highest BCUT2D eigenvalue weighted by Gasteiger charge is 2.40. The highest BCUT2D eigenvalue weighted by Crippen LogP contribution is 2.42. The van der Waals surface area contributed by atoms with Crippen LogP contribution in [-0.4, -0.2) is 63.4 Å². The van der Waals surface area contributed by atoms with Gasteiger partial charge in [0, 0.05) is 35.4 Å². The fourth-order valence-corrected chi connectivity index (χ4v) is 7.07. The number of carbonyl (C=O) groups is 2. The third kappa shape index (κ3) is 6.65. The summed E-state index contributed by atoms with van der Waals surface area (Å²) in [6, 6.07) is 12.8. The number of fused-ring (bicyclic) bond motifs is 1. The number of nitrogens with two attached hydrogens (primary N) is 1. The van der Waals surface area contributed by atoms with Crippen molar-refractivity contribution in [2.24, 2.45) is 0 Å². The molecule has 2 amide bonds. The van der Waals surface area contributed by atoms with E-state index in [0.717, 1.165) is 6.07 Å². The summed E-state index contributed by atoms with van der Waals surface area (Å²) in [5.74, 6) is -0.522. The molecule has 254 valence electrons. The molecule has 14 heteroatoms. The van der Waals surface area contributed by atoms with Gasteiger partial charge in [-0.3, -0.25) is 10.1 Å². The van der Waals surface area contributed by atoms with E-state index in [2.05, 4.69) is 10.3 Å². The zero-order valence-electron chi connectivity index (χ0n) is 27.2. The van der Waals surface area contributed by atoms with Gasteiger partial charge in [-0.1, -0.05) is 0 Å². The Morgan fingerprint density at radius 2 is 1.75 bits per heavy atom. The van der Waals surface area contributed by atoms with E-state index in [-0.39, 0.29) is 39.9 Å². The number of carbonyl (C=O) groups excluding carboxylic acids is 2. The number of benzene rings is 3. The lowest BCUT2D eigenvalue weighted by Crippen LogP contribution is -2.38. The number of sulfone groups is 1. The van der Waals surface area contributed by atoms with Gasteiger partial charge < -0.3 is 29.6 Å². The van der Waals surface area contributed by atoms with Crippen LogP contribution in [0.4, 0.5) is 20.7 Å². The first kappa shape index (κ1) is 34.2. The molecule has 0 spiro atoms. The summed E-state index contributed by atoms with van der Waals surface area (Å²) in [5.41, 5.74) is 6.50. The molecule has 0 radical (unpaired) electrons. The van der Waals surface area contributed by atoms with Crippen LogP contribution in [0.1, 0.15) is 50.0 Å². The predicted molar refractivity (Wildman–Crippen MR) is 178 cm³/mol. The molecule has 5 rings (SSSR count). The van der Waals surface area contributed by atoms with E-state index in [0.29, 0.717) is 35.0 Å². The van der Waals surface area contributed by atoms with Crippen molar-refractivity contribution in [1.82, 2.24) is 9.88 Å². The fraction of sp³-hybridized carbons (Fsp3) is 0.324. The first-order valence-electron chi connectivity index (χ1n) is 15.1. The molecule has 1 aliphatic rings. The van der Waals surface area contributed by atoms with Crippen molar-refractivity contribution in [1.29, 1.82) is 0 Å². The number of halogens is 1. The van der Waals surface area contributed by atoms with E-state index in [4.69, 9.17) is 24.7 Å². The smallest absolute Gasteiger partial charge is 0.411 e. The molecule has 1 saturated heterocycles. The van der Waals surface area contributed by atoms with Crippen LogP contribution in [0.3, 0.4) is 0 Å². The molecule has 48 heavy (non-hydrogen) atoms. The molecule has 2 atom stereocenters. The minimum atomic E-state index is -3.83. The maximum absolute atomic E-state index is 15.9. The van der Waals surface area contributed by atoms with Gasteiger partial charge >= 0.3 is 6.09 Å². The number of amides is 2. The molecular weight excluding hydrogens is 643 g/mol. The zero-order chi connectivity index (χ0) is 34.7. The van der Waals surface area contributed by atoms with Crippen LogP contribution in [-0.2, 0) is 19.4 Å². The number of nitrogens with zero attached hydrogens (tertiary/aromatic N) is 2. The minimum Gasteiger partial charge on any atom is -0.493 e. The maximum atomic E-state index is 15.9. The molecule has 2 heterocycles. The first-order valence-corrected chi connectivity index (χ1v) is 16.7. The third-order valence-electron chi connectivity index (χ3n) is 8.29. The van der Waals surface area contributed by atoms with Crippen LogP contribution in [0, 0.1) is 5.82 Å². The van der Waals surface area contributed by atoms with E-state index in [1.807, 2.05) is 0 Å². The Labute approximate surface area is 277 Å². The quantitative estimate of drug-likeness (QED) is 0.209. The molecule has 0 aliphatic carbocycles. The van der Waals surface area contributed by atoms with E-state index >= 15 is 4.39 Å². The fourth-order valence-electron chi connectivity index (χ4n) is 5.78. The second-order valence-corrected chi connectivity index (χ2v) is 13.9. The molecule has 0 bridgehead atoms. The summed E-state index contributed by atoms with van der Waals surface area (Å²) in [7, 11) is 0.134. The van der Waals surface area contributed by atoms with Gasteiger partial charge in [-0.05, 0) is 86.2 Å². The van der Waals surface area contributed by atoms with Crippen molar-refractivity contribution in [3.63, 3.8) is 0 Å². The zero-order valence-corrected chi connectivity index (χ0v) is 28.0. The number of likely N-dealkylation sites (tertiary alicyclic amines) is 1. The molecule has 1 fully saturated rings. The number of methoxy groups -OCH3 is 3. The molecule has 1 aromatic heterocycles. The monoisotopic (exact) mass is 680 g/mol. The summed E-state index contributed by atoms with van der Waals surface area (Å²) in [5, 5.41) is 3.16. The van der Waals surface area contributed by atoms with Crippen LogP contribution >= 0.6 is 0 Å². The number of nitrogens with one attached hydrogen (secondary N) is 1. The number of ether oxygens (including phenoxy) is 4. The van der Waals surface area contributed by atoms with Gasteiger partial charge in [0.2, 0.25) is 6.10 Å². The molecule has 0 unspecified atom stereocenters. The summed E-state index contributed by atoms with van der Waals surface area (Å²) in [6.07, 6.45) is 0.194. The Morgan fingerprint density at radius 1 is 1.02 bits per heavy atom. The summed E-state index contributed by atoms with van der Waals surface area (Å²) in [4.78, 5) is 32.3. The van der Waals surface area contributed by atoms with Gasteiger partial charge in [0.15, 0.2) is 21.3 Å². The van der Waals surface area contributed by atoms with E-state index in [9.17, 15) is 18.0 Å². The number of pyridine rings is 1. The van der Waals surface area contributed by atoms with Crippen molar-refractivity contribution < 1.29 is 41.3 Å². The van der Waals surface area contributed by atoms with E-state index in [1.165, 1.54) is 50.5 Å². The lowest BCUT2D eigenvalue weighted by molar-refractivity contribution is -0.140. The Bertz CT molecular complexity index is 1970. The maximum Gasteiger partial charge on any atom is 0.411 e. The number of rotatable bonds is 10. The molecule has 1 aliphatic heterocycles. The summed E-state index contributed by atoms with van der Waals surface area (Å²) < 4.78 is 64.7. The van der Waals surface area contributed by atoms with Crippen molar-refractivity contribution in [2.75, 3.05) is 38.9 Å². The summed E-state index contributed by atoms with van der Waals surface area (Å²) in [6.45, 7) is 3.36. The molecule has 12 nitrogen and oxygen atoms in total. The van der Waals surface area contributed by atoms with Crippen molar-refractivity contribution in [3.05, 3.63) is 77.7 Å². The number of nitrogen functional groups attached to an aromatic ring is 1. The van der Waals surface area contributed by atoms with Crippen LogP contribution < -0.4 is 25.3 Å². The van der Waals surface area contributed by atoms with Crippen molar-refractivity contribution in [3.8, 4) is 17.2 Å². The number of aromatic nitrogens is 1. The predicted octanol–water partition coefficient (Wildman–Crippen LogP) is 5.82. The first-order chi connectivity index (χ1) is 22.9. The van der Waals surface area contributed by atoms with Crippen LogP contribution in [0.2, 0.25) is 0 Å². The van der Waals surface area contributed by atoms with Crippen LogP contribution in [0.15, 0.2) is 65.7 Å². The molecule has 3 aromatic carbocycles. The molecular formula is C34H37FN4O8S. The van der Waals surface area contributed by atoms with Gasteiger partial charge in [-0.2, -0.15) is 0 Å². The summed E-state index contributed by atoms with van der Waals surface area (Å²) >= 11 is 0. The second-order valence-electron chi connectivity index (χ2n) is 11.5. The van der Waals surface area contributed by atoms with Gasteiger partial charge in [-0.15, -0.1) is 0 Å². The second kappa shape index (κ2) is 13.9. The van der Waals surface area contributed by atoms with E-state index < -0.39 is 45.1 Å². The topological polar surface area (TPSA) is 159 Å². The Kier molecular flexibility index (Phi) is 9.94. The lowest BCUT2D eigenvalue weighted by atomic mass is 10.0. The lowest BCUT2D eigenvalue weighted by Gasteiger charge is -2.31. The SMILES string of the molecule is COC(=O)Nc1ccc(S(=O)(=O)C(C)C)c([C@H]2CCCN2C(=O)[C@@H](Oc2ccc3c(N)nccc3c2)c2cc(OC)c(OC)cc2F)c1. The number of anilines is 2. The number of hydrogen-bond acceptors (Lipinski definition) is 10. The average Bonchev–Trinajstić information content (AvgIpc) is 3.57. The van der Waals surface area contributed by atoms with Crippen LogP contribution in [0.5, 0.6) is 17.2 Å². The van der Waals surface area contributed by atoms with Crippen molar-refractivity contribution >= 4 is 44.1 Å². The average molecular weight is 681 g/mol. The Morgan fingerprint density at radius 3 is 2.44 bits per heavy atom. The standard InChI is InChI=1S/C34H37FN4O8S/c1-19(2)48(42,43)30-11-8-21(38-34(41)46-5)16-25(30)27-7-6-14-39(27)33(40)31(24-17-28(44-3)29(45-4)18-26(24)35)47-22-9-10-23-20(15-22)12-13-37-32(23)36/h8-13,15-19,27,31H,6-7,14H2,1-5H3,(H2,36,37)(H,38,41)/t27-,31+/m1/s1. The van der Waals surface area contributed by atoms with Gasteiger partial charge in [0.1, 0.15) is 17.4 Å². The minimum absolute atomic E-state index is 0.0214. The normalized spacial score (nSPS) is 15.3. The van der Waals surface area contributed by atoms with Gasteiger partial charge in [-0.25, -0.2) is 22.6 Å². The van der Waals surface area contributed by atoms with Crippen molar-refractivity contribution in [2.45, 2.75) is 49.0 Å². The molecule has 3 N–H and O–H groups in total. The Balaban J connectivity index is 1.63. The van der Waals surface area contributed by atoms with Gasteiger partial charge in [0.25, 0.3) is 5.91 Å². The Hall–Kier alpha value is -5.11. The van der Waals surface area contributed by atoms with Gasteiger partial charge in [0.05, 0.1) is 37.5 Å². The third-order valence-corrected chi connectivity index (χ3v) is 10.5. The molecule has 0 saturated carbocycles. The van der Waals surface area contributed by atoms with E-state index in [1.54, 1.807) is 44.3 Å². The highest BCUT2D eigenvalue weighted by atomic mass is 32.2. The van der Waals surface area contributed by atoms with Crippen LogP contribution in [0.25, 0.3) is 10.8 Å². The highest BCUT2D eigenvalue weighted by molar-refractivity contribution is 7.92. The number of hydrogen-bond donors (Lipinski definition) is 2. The largest absolute Gasteiger partial charge is 0.493 e. The molecule has 4 aromatic rings.